The molecule has 0 aliphatic carbocycles. The molecule has 2 aromatic carbocycles. The van der Waals surface area contributed by atoms with E-state index in [-0.39, 0.29) is 28.9 Å². The first-order chi connectivity index (χ1) is 14.3. The molecule has 2 aromatic rings. The van der Waals surface area contributed by atoms with Crippen LogP contribution in [-0.4, -0.2) is 43.5 Å². The molecule has 3 rings (SSSR count). The minimum atomic E-state index is -1.35. The maximum Gasteiger partial charge on any atom is 0.279 e. The van der Waals surface area contributed by atoms with Crippen LogP contribution in [0.25, 0.3) is 0 Å². The van der Waals surface area contributed by atoms with Crippen LogP contribution in [-0.2, 0) is 16.0 Å². The lowest BCUT2D eigenvalue weighted by Gasteiger charge is -2.16. The average molecular weight is 492 g/mol. The number of aliphatic imine (C=N–C) groups is 1. The summed E-state index contributed by atoms with van der Waals surface area (Å²) in [6, 6.07) is 10.1. The van der Waals surface area contributed by atoms with Crippen LogP contribution in [0.2, 0.25) is 0 Å². The van der Waals surface area contributed by atoms with Gasteiger partial charge in [-0.05, 0) is 54.2 Å². The van der Waals surface area contributed by atoms with E-state index in [1.54, 1.807) is 43.5 Å². The summed E-state index contributed by atoms with van der Waals surface area (Å²) in [5.74, 6) is -0.472. The van der Waals surface area contributed by atoms with E-state index in [0.29, 0.717) is 27.2 Å². The Morgan fingerprint density at radius 3 is 2.47 bits per heavy atom. The molecule has 1 amide bonds. The number of hydrogen-bond acceptors (Lipinski definition) is 7. The van der Waals surface area contributed by atoms with E-state index < -0.39 is 12.6 Å². The number of hydrogen-bond donors (Lipinski definition) is 0. The largest absolute Gasteiger partial charge is 0.546 e. The molecule has 0 fully saturated rings. The highest BCUT2D eigenvalue weighted by Gasteiger charge is 2.32. The Morgan fingerprint density at radius 2 is 1.87 bits per heavy atom. The second-order valence-electron chi connectivity index (χ2n) is 6.11. The summed E-state index contributed by atoms with van der Waals surface area (Å²) in [6.07, 6.45) is 0.184. The first-order valence-corrected chi connectivity index (χ1v) is 9.83. The normalized spacial score (nSPS) is 13.3. The van der Waals surface area contributed by atoms with Crippen molar-refractivity contribution in [1.82, 2.24) is 0 Å². The van der Waals surface area contributed by atoms with Gasteiger partial charge in [0.2, 0.25) is 5.11 Å². The summed E-state index contributed by atoms with van der Waals surface area (Å²) < 4.78 is 16.2. The van der Waals surface area contributed by atoms with Crippen molar-refractivity contribution in [1.29, 1.82) is 0 Å². The first kappa shape index (κ1) is 21.7. The molecule has 156 valence electrons. The fourth-order valence-corrected chi connectivity index (χ4v) is 3.57. The summed E-state index contributed by atoms with van der Waals surface area (Å²) in [5, 5.41) is 10.8. The highest BCUT2D eigenvalue weighted by Crippen LogP contribution is 2.34. The monoisotopic (exact) mass is 491 g/mol. The van der Waals surface area contributed by atoms with E-state index in [4.69, 9.17) is 26.4 Å². The van der Waals surface area contributed by atoms with Gasteiger partial charge < -0.3 is 24.1 Å². The number of carbonyl (C=O) groups excluding carboxylic acids is 2. The van der Waals surface area contributed by atoms with E-state index >= 15 is 0 Å². The maximum atomic E-state index is 12.9. The Hall–Kier alpha value is -2.98. The minimum Gasteiger partial charge on any atom is -0.546 e. The second-order valence-corrected chi connectivity index (χ2v) is 7.33. The molecule has 1 heterocycles. The first-order valence-electron chi connectivity index (χ1n) is 8.63. The number of anilines is 1. The zero-order chi connectivity index (χ0) is 21.8. The number of amides is 1. The van der Waals surface area contributed by atoms with Crippen molar-refractivity contribution in [2.24, 2.45) is 4.99 Å². The van der Waals surface area contributed by atoms with E-state index in [0.717, 1.165) is 0 Å². The van der Waals surface area contributed by atoms with E-state index in [1.807, 2.05) is 0 Å². The molecule has 30 heavy (non-hydrogen) atoms. The summed E-state index contributed by atoms with van der Waals surface area (Å²) in [4.78, 5) is 29.2. The summed E-state index contributed by atoms with van der Waals surface area (Å²) in [6.45, 7) is -0.613. The molecule has 0 saturated heterocycles. The Balaban J connectivity index is 1.82. The van der Waals surface area contributed by atoms with Gasteiger partial charge in [0.05, 0.1) is 25.9 Å². The number of rotatable bonds is 8. The van der Waals surface area contributed by atoms with Crippen LogP contribution >= 0.6 is 28.1 Å². The molecule has 0 unspecified atom stereocenters. The van der Waals surface area contributed by atoms with Gasteiger partial charge in [0.1, 0.15) is 18.1 Å². The van der Waals surface area contributed by atoms with E-state index in [1.165, 1.54) is 12.0 Å². The van der Waals surface area contributed by atoms with Crippen molar-refractivity contribution in [2.75, 3.05) is 25.7 Å². The van der Waals surface area contributed by atoms with Crippen LogP contribution < -0.4 is 24.2 Å². The highest BCUT2D eigenvalue weighted by atomic mass is 79.9. The van der Waals surface area contributed by atoms with E-state index in [9.17, 15) is 14.7 Å². The fourth-order valence-electron chi connectivity index (χ4n) is 2.81. The fraction of sp³-hybridized carbons (Fsp3) is 0.200. The quantitative estimate of drug-likeness (QED) is 0.519. The third-order valence-corrected chi connectivity index (χ3v) is 5.25. The Morgan fingerprint density at radius 1 is 1.17 bits per heavy atom. The molecule has 8 nitrogen and oxygen atoms in total. The van der Waals surface area contributed by atoms with Crippen LogP contribution in [0.5, 0.6) is 17.2 Å². The molecule has 0 N–H and O–H groups in total. The van der Waals surface area contributed by atoms with Crippen LogP contribution in [0, 0.1) is 0 Å². The smallest absolute Gasteiger partial charge is 0.279 e. The predicted molar refractivity (Wildman–Crippen MR) is 115 cm³/mol. The van der Waals surface area contributed by atoms with Crippen molar-refractivity contribution in [2.45, 2.75) is 6.42 Å². The summed E-state index contributed by atoms with van der Waals surface area (Å²) in [7, 11) is 2.99. The summed E-state index contributed by atoms with van der Waals surface area (Å²) in [5.41, 5.74) is 1.55. The highest BCUT2D eigenvalue weighted by molar-refractivity contribution is 9.10. The average Bonchev–Trinajstić information content (AvgIpc) is 3.01. The van der Waals surface area contributed by atoms with Crippen LogP contribution in [0.1, 0.15) is 5.56 Å². The molecular formula is C20H16BrN2O6S-. The second kappa shape index (κ2) is 9.23. The minimum absolute atomic E-state index is 0.150. The number of benzene rings is 2. The molecule has 0 aromatic heterocycles. The molecule has 10 heteroatoms. The van der Waals surface area contributed by atoms with Crippen molar-refractivity contribution < 1.29 is 28.9 Å². The van der Waals surface area contributed by atoms with Gasteiger partial charge in [0.25, 0.3) is 5.91 Å². The van der Waals surface area contributed by atoms with E-state index in [2.05, 4.69) is 20.9 Å². The third kappa shape index (κ3) is 4.60. The van der Waals surface area contributed by atoms with Crippen molar-refractivity contribution in [3.63, 3.8) is 0 Å². The van der Waals surface area contributed by atoms with Crippen LogP contribution in [0.4, 0.5) is 5.69 Å². The Labute approximate surface area is 186 Å². The van der Waals surface area contributed by atoms with Crippen LogP contribution in [0.3, 0.4) is 0 Å². The van der Waals surface area contributed by atoms with Gasteiger partial charge >= 0.3 is 0 Å². The number of halogens is 1. The molecule has 0 atom stereocenters. The van der Waals surface area contributed by atoms with Gasteiger partial charge in [-0.1, -0.05) is 15.9 Å². The van der Waals surface area contributed by atoms with Gasteiger partial charge in [-0.15, -0.1) is 0 Å². The summed E-state index contributed by atoms with van der Waals surface area (Å²) >= 11 is 8.69. The third-order valence-electron chi connectivity index (χ3n) is 4.24. The Bertz CT molecular complexity index is 1040. The predicted octanol–water partition coefficient (Wildman–Crippen LogP) is 1.91. The Kier molecular flexibility index (Phi) is 6.68. The lowest BCUT2D eigenvalue weighted by atomic mass is 10.1. The zero-order valence-electron chi connectivity index (χ0n) is 16.0. The number of methoxy groups -OCH3 is 2. The number of thiocarbonyl (C=S) groups is 1. The molecule has 1 aliphatic rings. The van der Waals surface area contributed by atoms with Gasteiger partial charge in [0.15, 0.2) is 11.5 Å². The standard InChI is InChI=1S/C20H17BrN2O6S/c1-27-13-5-3-12(4-6-13)23-19(26)15(22-20(23)30)7-11-8-16(28-2)17(9-14(11)21)29-10-18(24)25/h3-6,8-9H,7,10H2,1-2H3,(H,24,25)/p-1. The van der Waals surface area contributed by atoms with Crippen molar-refractivity contribution in [3.05, 3.63) is 46.4 Å². The van der Waals surface area contributed by atoms with Crippen molar-refractivity contribution >= 4 is 56.5 Å². The molecule has 0 radical (unpaired) electrons. The molecular weight excluding hydrogens is 476 g/mol. The van der Waals surface area contributed by atoms with Gasteiger partial charge in [0, 0.05) is 10.9 Å². The van der Waals surface area contributed by atoms with Gasteiger partial charge in [-0.2, -0.15) is 0 Å². The number of carbonyl (C=O) groups is 2. The molecule has 1 aliphatic heterocycles. The van der Waals surface area contributed by atoms with Crippen LogP contribution in [0.15, 0.2) is 45.9 Å². The maximum absolute atomic E-state index is 12.9. The SMILES string of the molecule is COc1ccc(N2C(=O)C(Cc3cc(OC)c(OCC(=O)[O-])cc3Br)=NC2=S)cc1. The number of carboxylic acid groups (broad SMARTS) is 1. The molecule has 0 bridgehead atoms. The van der Waals surface area contributed by atoms with Gasteiger partial charge in [-0.25, -0.2) is 4.99 Å². The number of aliphatic carboxylic acids is 1. The number of ether oxygens (including phenoxy) is 3. The van der Waals surface area contributed by atoms with Crippen molar-refractivity contribution in [3.8, 4) is 17.2 Å². The zero-order valence-corrected chi connectivity index (χ0v) is 18.4. The van der Waals surface area contributed by atoms with Gasteiger partial charge in [-0.3, -0.25) is 9.69 Å². The molecule has 0 spiro atoms. The lowest BCUT2D eigenvalue weighted by molar-refractivity contribution is -0.307. The molecule has 0 saturated carbocycles. The number of nitrogens with zero attached hydrogens (tertiary/aromatic N) is 2. The topological polar surface area (TPSA) is 100 Å². The number of carboxylic acids is 1. The lowest BCUT2D eigenvalue weighted by Crippen LogP contribution is -2.33.